The normalized spacial score (nSPS) is 13.4. The van der Waals surface area contributed by atoms with Crippen molar-refractivity contribution in [1.29, 1.82) is 21.0 Å². The largest absolute Gasteiger partial charge is 2.00 e. The molecule has 0 amide bonds. The molecule has 0 saturated carbocycles. The van der Waals surface area contributed by atoms with E-state index < -0.39 is 43.9 Å². The number of nitrogens with zero attached hydrogens (tertiary/aromatic N) is 24. The Bertz CT molecular complexity index is 3460. The number of nitriles is 4. The van der Waals surface area contributed by atoms with Crippen LogP contribution in [0.25, 0.3) is 0 Å². The van der Waals surface area contributed by atoms with Crippen LogP contribution in [-0.4, -0.2) is 112 Å². The minimum Gasteiger partial charge on any atom is -0.858 e. The zero-order valence-corrected chi connectivity index (χ0v) is 58.1. The molecule has 8 rings (SSSR count). The summed E-state index contributed by atoms with van der Waals surface area (Å²) in [5, 5.41) is 150. The molecule has 0 atom stereocenters. The molecule has 0 aliphatic carbocycles. The van der Waals surface area contributed by atoms with Gasteiger partial charge >= 0.3 is 68.3 Å². The Hall–Kier alpha value is -14.0. The van der Waals surface area contributed by atoms with Crippen molar-refractivity contribution in [1.82, 2.24) is 41.6 Å². The van der Waals surface area contributed by atoms with Crippen molar-refractivity contribution in [3.05, 3.63) is 228 Å². The molecule has 4 aliphatic heterocycles. The van der Waals surface area contributed by atoms with Gasteiger partial charge in [-0.05, 0) is 76.2 Å². The third-order valence-corrected chi connectivity index (χ3v) is 8.80. The van der Waals surface area contributed by atoms with Gasteiger partial charge in [-0.2, -0.15) is 41.5 Å². The van der Waals surface area contributed by atoms with Gasteiger partial charge < -0.3 is 105 Å². The van der Waals surface area contributed by atoms with Crippen LogP contribution in [0, 0.1) is 107 Å². The minimum absolute atomic E-state index is 0. The zero-order chi connectivity index (χ0) is 77.0. The van der Waals surface area contributed by atoms with Gasteiger partial charge in [-0.1, -0.05) is 24.3 Å². The predicted molar refractivity (Wildman–Crippen MR) is 353 cm³/mol. The molecule has 104 heavy (non-hydrogen) atoms. The second kappa shape index (κ2) is 66.3. The van der Waals surface area contributed by atoms with Gasteiger partial charge in [-0.3, -0.25) is 41.6 Å². The second-order valence-corrected chi connectivity index (χ2v) is 15.6. The molecule has 52 heteroatoms. The Morgan fingerprint density at radius 1 is 0.356 bits per heavy atom. The molecular formula is C52H56Cu4N32O16. The van der Waals surface area contributed by atoms with E-state index in [9.17, 15) is 20.4 Å². The van der Waals surface area contributed by atoms with Crippen LogP contribution in [0.4, 0.5) is 0 Å². The molecule has 0 fully saturated rings. The molecule has 4 aliphatic rings. The summed E-state index contributed by atoms with van der Waals surface area (Å²) in [4.78, 5) is 79.7. The summed E-state index contributed by atoms with van der Waals surface area (Å²) in [6, 6.07) is 27.9. The van der Waals surface area contributed by atoms with E-state index in [0.29, 0.717) is 45.6 Å². The number of hydrazone groups is 4. The Morgan fingerprint density at radius 3 is 0.606 bits per heavy atom. The summed E-state index contributed by atoms with van der Waals surface area (Å²) in [6.07, 6.45) is 11.6. The minimum atomic E-state index is -1.75. The number of allylic oxidation sites excluding steroid dienone is 4. The van der Waals surface area contributed by atoms with Crippen LogP contribution in [0.2, 0.25) is 0 Å². The van der Waals surface area contributed by atoms with E-state index in [2.05, 4.69) is 102 Å². The first kappa shape index (κ1) is 106. The maximum Gasteiger partial charge on any atom is 2.00 e. The first-order chi connectivity index (χ1) is 47.3. The number of aromatic nitrogens is 4. The standard InChI is InChI=1S/4C11H12N6O.4C2H3N.4Cu.4NO3/c4*1-7-9(15-6-14-7)11(18)17-16-10(12)8-4-2-3-5-13-8;4*1-2-3;;;;;4*2-1(3)4/h4*2-6,17-18H,1H3,(H2,12,16);4*1H3;;;;;;;;/q;;;;;;;;4*+2;4*-1/p-4/b4*11-9-;;;;;;;;;;;;. The maximum absolute atomic E-state index is 11.7. The number of hydrogen-bond acceptors (Lipinski definition) is 40. The topological polar surface area (TPSA) is 804 Å². The summed E-state index contributed by atoms with van der Waals surface area (Å²) in [7, 11) is 0. The van der Waals surface area contributed by atoms with E-state index in [-0.39, 0.29) is 114 Å². The molecular weight excluding hydrogens is 1580 g/mol. The molecule has 4 aromatic rings. The van der Waals surface area contributed by atoms with E-state index in [4.69, 9.17) is 105 Å². The molecule has 0 aromatic carbocycles. The molecule has 0 spiro atoms. The summed E-state index contributed by atoms with van der Waals surface area (Å²) in [6.45, 7) is 12.5. The summed E-state index contributed by atoms with van der Waals surface area (Å²) in [5.41, 5.74) is 36.9. The summed E-state index contributed by atoms with van der Waals surface area (Å²) < 4.78 is 0. The fourth-order valence-electron chi connectivity index (χ4n) is 5.14. The Balaban J connectivity index is -0.000000173. The Kier molecular flexibility index (Phi) is 67.6. The van der Waals surface area contributed by atoms with Crippen LogP contribution >= 0.6 is 0 Å². The van der Waals surface area contributed by atoms with Crippen molar-refractivity contribution in [3.63, 3.8) is 0 Å². The van der Waals surface area contributed by atoms with Crippen molar-refractivity contribution in [3.8, 4) is 24.3 Å². The fraction of sp³-hybridized carbons (Fsp3) is 0.154. The number of hydrogen-bond donors (Lipinski definition) is 8. The molecule has 564 valence electrons. The van der Waals surface area contributed by atoms with E-state index >= 15 is 0 Å². The average molecular weight is 1640 g/mol. The molecule has 8 heterocycles. The number of rotatable bonds is 12. The van der Waals surface area contributed by atoms with Crippen LogP contribution in [0.5, 0.6) is 0 Å². The first-order valence-corrected chi connectivity index (χ1v) is 25.8. The number of nitrogens with one attached hydrogen (secondary N) is 4. The third-order valence-electron chi connectivity index (χ3n) is 8.80. The Morgan fingerprint density at radius 2 is 0.500 bits per heavy atom. The van der Waals surface area contributed by atoms with Crippen molar-refractivity contribution >= 4 is 71.5 Å². The molecule has 0 saturated heterocycles. The predicted octanol–water partition coefficient (Wildman–Crippen LogP) is -1.55. The second-order valence-electron chi connectivity index (χ2n) is 15.6. The summed E-state index contributed by atoms with van der Waals surface area (Å²) in [5.74, 6) is -1.31. The molecule has 48 nitrogen and oxygen atoms in total. The molecule has 4 radical (unpaired) electrons. The van der Waals surface area contributed by atoms with Crippen molar-refractivity contribution in [2.45, 2.75) is 55.4 Å². The van der Waals surface area contributed by atoms with Gasteiger partial charge in [-0.15, -0.1) is 0 Å². The summed E-state index contributed by atoms with van der Waals surface area (Å²) >= 11 is 0. The van der Waals surface area contributed by atoms with E-state index in [1.54, 1.807) is 150 Å². The van der Waals surface area contributed by atoms with Crippen LogP contribution in [0.1, 0.15) is 78.2 Å². The van der Waals surface area contributed by atoms with Crippen molar-refractivity contribution in [2.75, 3.05) is 0 Å². The van der Waals surface area contributed by atoms with Gasteiger partial charge in [0.05, 0.1) is 90.3 Å². The third kappa shape index (κ3) is 55.1. The number of pyridine rings is 4. The van der Waals surface area contributed by atoms with Crippen LogP contribution in [-0.2, 0) is 68.3 Å². The van der Waals surface area contributed by atoms with Gasteiger partial charge in [0.1, 0.15) is 48.1 Å². The smallest absolute Gasteiger partial charge is 0.858 e. The number of nitrogens with two attached hydrogens (primary N) is 4. The Labute approximate surface area is 630 Å². The maximum atomic E-state index is 11.7. The number of amidine groups is 4. The van der Waals surface area contributed by atoms with Gasteiger partial charge in [-0.25, -0.2) is 39.9 Å². The van der Waals surface area contributed by atoms with Gasteiger partial charge in [0.25, 0.3) is 0 Å². The van der Waals surface area contributed by atoms with Crippen molar-refractivity contribution < 1.29 is 109 Å². The van der Waals surface area contributed by atoms with E-state index in [0.717, 1.165) is 0 Å². The first-order valence-electron chi connectivity index (χ1n) is 25.8. The molecule has 0 bridgehead atoms. The van der Waals surface area contributed by atoms with Gasteiger partial charge in [0.15, 0.2) is 23.3 Å². The van der Waals surface area contributed by atoms with Crippen LogP contribution in [0.3, 0.4) is 0 Å². The van der Waals surface area contributed by atoms with Gasteiger partial charge in [0.2, 0.25) is 0 Å². The van der Waals surface area contributed by atoms with Crippen LogP contribution < -0.4 is 65.1 Å². The van der Waals surface area contributed by atoms with Crippen LogP contribution in [0.15, 0.2) is 204 Å². The quantitative estimate of drug-likeness (QED) is 0.0199. The molecule has 12 N–H and O–H groups in total. The zero-order valence-electron chi connectivity index (χ0n) is 54.3. The molecule has 4 aromatic heterocycles. The van der Waals surface area contributed by atoms with Crippen molar-refractivity contribution in [2.24, 2.45) is 83.3 Å². The average Bonchev–Trinajstić information content (AvgIpc) is 1.80. The van der Waals surface area contributed by atoms with E-state index in [1.807, 2.05) is 0 Å². The van der Waals surface area contributed by atoms with Gasteiger partial charge in [0, 0.05) is 76.0 Å². The number of aliphatic imine (C=N–C) groups is 8. The molecule has 0 unspecified atom stereocenters. The fourth-order valence-corrected chi connectivity index (χ4v) is 5.14. The SMILES string of the molecule is CC#N.CC#N.CC#N.CC#N.CC1=NC=N/C1=C(\[O-])N/N=C(\N)c1ccccn1.CC1=NC=N/C1=C(\[O-])N/N=C(\N)c1ccccn1.CC1=NC=N/C1=C(\[O-])N/N=C(\N)c1ccccn1.CC1=NC=N/C1=C(\[O-])N/N=C(\N)c1ccccn1.O=[N+]([O-])[O-].O=[N+]([O-])[O-].O=[N+]([O-])[O-].O=[N+]([O-])[O-].[Cu+2].[Cu+2].[Cu+2].[Cu+2]. The van der Waals surface area contributed by atoms with E-state index in [1.165, 1.54) is 53.0 Å². The monoisotopic (exact) mass is 1640 g/mol.